The van der Waals surface area contributed by atoms with Gasteiger partial charge >= 0.3 is 0 Å². The minimum absolute atomic E-state index is 0.172. The third kappa shape index (κ3) is 2.86. The molecule has 0 aliphatic heterocycles. The van der Waals surface area contributed by atoms with Gasteiger partial charge in [0.25, 0.3) is 5.56 Å². The average molecular weight is 309 g/mol. The van der Waals surface area contributed by atoms with E-state index in [0.717, 1.165) is 15.6 Å². The Bertz CT molecular complexity index is 623. The molecule has 0 amide bonds. The van der Waals surface area contributed by atoms with Crippen LogP contribution < -0.4 is 5.56 Å². The van der Waals surface area contributed by atoms with Gasteiger partial charge < -0.3 is 9.72 Å². The SMILES string of the molecule is COCc1cc(=O)[nH]c(-c2ccc(Br)cc2C)n1. The van der Waals surface area contributed by atoms with Gasteiger partial charge in [0, 0.05) is 23.2 Å². The second-order valence-electron chi connectivity index (χ2n) is 3.98. The molecule has 0 bridgehead atoms. The van der Waals surface area contributed by atoms with Crippen LogP contribution in [-0.2, 0) is 11.3 Å². The van der Waals surface area contributed by atoms with Crippen molar-refractivity contribution in [3.63, 3.8) is 0 Å². The number of methoxy groups -OCH3 is 1. The molecule has 94 valence electrons. The first-order valence-corrected chi connectivity index (χ1v) is 6.25. The Morgan fingerprint density at radius 3 is 2.83 bits per heavy atom. The summed E-state index contributed by atoms with van der Waals surface area (Å²) in [5.74, 6) is 0.569. The molecule has 0 aliphatic rings. The average Bonchev–Trinajstić information content (AvgIpc) is 2.28. The standard InChI is InChI=1S/C13H13BrN2O2/c1-8-5-9(14)3-4-11(8)13-15-10(7-18-2)6-12(17)16-13/h3-6H,7H2,1-2H3,(H,15,16,17). The molecule has 0 radical (unpaired) electrons. The van der Waals surface area contributed by atoms with Gasteiger partial charge in [0.1, 0.15) is 5.82 Å². The Morgan fingerprint density at radius 2 is 2.17 bits per heavy atom. The molecule has 0 fully saturated rings. The van der Waals surface area contributed by atoms with Gasteiger partial charge in [0.05, 0.1) is 12.3 Å². The van der Waals surface area contributed by atoms with Crippen molar-refractivity contribution >= 4 is 15.9 Å². The molecular formula is C13H13BrN2O2. The number of aryl methyl sites for hydroxylation is 1. The number of ether oxygens (including phenoxy) is 1. The van der Waals surface area contributed by atoms with Crippen LogP contribution in [0.25, 0.3) is 11.4 Å². The number of nitrogens with one attached hydrogen (secondary N) is 1. The fraction of sp³-hybridized carbons (Fsp3) is 0.231. The molecule has 0 spiro atoms. The van der Waals surface area contributed by atoms with Crippen LogP contribution in [0.3, 0.4) is 0 Å². The monoisotopic (exact) mass is 308 g/mol. The van der Waals surface area contributed by atoms with Crippen LogP contribution in [0.1, 0.15) is 11.3 Å². The quantitative estimate of drug-likeness (QED) is 0.948. The molecule has 0 aliphatic carbocycles. The summed E-state index contributed by atoms with van der Waals surface area (Å²) < 4.78 is 6.00. The highest BCUT2D eigenvalue weighted by Crippen LogP contribution is 2.22. The van der Waals surface area contributed by atoms with E-state index in [2.05, 4.69) is 25.9 Å². The van der Waals surface area contributed by atoms with Gasteiger partial charge in [-0.2, -0.15) is 0 Å². The molecule has 2 aromatic rings. The molecule has 1 aromatic heterocycles. The Morgan fingerprint density at radius 1 is 1.39 bits per heavy atom. The third-order valence-corrected chi connectivity index (χ3v) is 3.02. The summed E-state index contributed by atoms with van der Waals surface area (Å²) in [6, 6.07) is 7.28. The predicted octanol–water partition coefficient (Wildman–Crippen LogP) is 2.65. The predicted molar refractivity (Wildman–Crippen MR) is 73.4 cm³/mol. The van der Waals surface area contributed by atoms with E-state index in [9.17, 15) is 4.79 Å². The van der Waals surface area contributed by atoms with Gasteiger partial charge in [-0.15, -0.1) is 0 Å². The van der Waals surface area contributed by atoms with Crippen LogP contribution in [0.4, 0.5) is 0 Å². The summed E-state index contributed by atoms with van der Waals surface area (Å²) >= 11 is 3.41. The topological polar surface area (TPSA) is 55.0 Å². The number of hydrogen-bond donors (Lipinski definition) is 1. The lowest BCUT2D eigenvalue weighted by atomic mass is 10.1. The first-order valence-electron chi connectivity index (χ1n) is 5.46. The Hall–Kier alpha value is -1.46. The molecule has 1 N–H and O–H groups in total. The summed E-state index contributed by atoms with van der Waals surface area (Å²) in [6.07, 6.45) is 0. The summed E-state index contributed by atoms with van der Waals surface area (Å²) in [5, 5.41) is 0. The van der Waals surface area contributed by atoms with E-state index in [1.54, 1.807) is 7.11 Å². The molecular weight excluding hydrogens is 296 g/mol. The maximum atomic E-state index is 11.6. The summed E-state index contributed by atoms with van der Waals surface area (Å²) in [7, 11) is 1.58. The third-order valence-electron chi connectivity index (χ3n) is 2.53. The highest BCUT2D eigenvalue weighted by atomic mass is 79.9. The zero-order chi connectivity index (χ0) is 13.1. The second-order valence-corrected chi connectivity index (χ2v) is 4.89. The first-order chi connectivity index (χ1) is 8.60. The van der Waals surface area contributed by atoms with Crippen molar-refractivity contribution in [2.45, 2.75) is 13.5 Å². The number of rotatable bonds is 3. The summed E-state index contributed by atoms with van der Waals surface area (Å²) in [5.41, 5.74) is 2.41. The first kappa shape index (κ1) is 13.0. The van der Waals surface area contributed by atoms with Crippen molar-refractivity contribution in [2.24, 2.45) is 0 Å². The van der Waals surface area contributed by atoms with Crippen molar-refractivity contribution in [3.05, 3.63) is 50.3 Å². The summed E-state index contributed by atoms with van der Waals surface area (Å²) in [4.78, 5) is 18.7. The van der Waals surface area contributed by atoms with Gasteiger partial charge in [-0.3, -0.25) is 4.79 Å². The Labute approximate surface area is 113 Å². The molecule has 0 saturated heterocycles. The molecule has 0 unspecified atom stereocenters. The summed E-state index contributed by atoms with van der Waals surface area (Å²) in [6.45, 7) is 2.30. The van der Waals surface area contributed by atoms with Crippen molar-refractivity contribution in [1.29, 1.82) is 0 Å². The van der Waals surface area contributed by atoms with E-state index in [1.165, 1.54) is 6.07 Å². The van der Waals surface area contributed by atoms with E-state index < -0.39 is 0 Å². The maximum Gasteiger partial charge on any atom is 0.251 e. The normalized spacial score (nSPS) is 10.6. The lowest BCUT2D eigenvalue weighted by molar-refractivity contribution is 0.181. The van der Waals surface area contributed by atoms with Crippen LogP contribution in [0.15, 0.2) is 33.5 Å². The van der Waals surface area contributed by atoms with Crippen LogP contribution >= 0.6 is 15.9 Å². The molecule has 5 heteroatoms. The van der Waals surface area contributed by atoms with Crippen LogP contribution in [0.5, 0.6) is 0 Å². The fourth-order valence-electron chi connectivity index (χ4n) is 1.75. The number of aromatic amines is 1. The molecule has 0 saturated carbocycles. The van der Waals surface area contributed by atoms with E-state index >= 15 is 0 Å². The van der Waals surface area contributed by atoms with E-state index in [0.29, 0.717) is 18.1 Å². The van der Waals surface area contributed by atoms with Crippen molar-refractivity contribution < 1.29 is 4.74 Å². The van der Waals surface area contributed by atoms with E-state index in [-0.39, 0.29) is 5.56 Å². The number of benzene rings is 1. The molecule has 1 heterocycles. The molecule has 4 nitrogen and oxygen atoms in total. The van der Waals surface area contributed by atoms with Gasteiger partial charge in [0.2, 0.25) is 0 Å². The van der Waals surface area contributed by atoms with Crippen LogP contribution in [0, 0.1) is 6.92 Å². The van der Waals surface area contributed by atoms with Gasteiger partial charge in [-0.05, 0) is 30.7 Å². The van der Waals surface area contributed by atoms with Gasteiger partial charge in [-0.25, -0.2) is 4.98 Å². The number of aromatic nitrogens is 2. The van der Waals surface area contributed by atoms with Crippen LogP contribution in [-0.4, -0.2) is 17.1 Å². The molecule has 2 rings (SSSR count). The number of nitrogens with zero attached hydrogens (tertiary/aromatic N) is 1. The van der Waals surface area contributed by atoms with E-state index in [1.807, 2.05) is 25.1 Å². The Kier molecular flexibility index (Phi) is 3.93. The minimum atomic E-state index is -0.172. The minimum Gasteiger partial charge on any atom is -0.378 e. The molecule has 18 heavy (non-hydrogen) atoms. The van der Waals surface area contributed by atoms with Gasteiger partial charge in [0.15, 0.2) is 0 Å². The smallest absolute Gasteiger partial charge is 0.251 e. The number of halogens is 1. The van der Waals surface area contributed by atoms with Gasteiger partial charge in [-0.1, -0.05) is 15.9 Å². The van der Waals surface area contributed by atoms with Crippen molar-refractivity contribution in [2.75, 3.05) is 7.11 Å². The highest BCUT2D eigenvalue weighted by molar-refractivity contribution is 9.10. The fourth-order valence-corrected chi connectivity index (χ4v) is 2.23. The second kappa shape index (κ2) is 5.46. The lowest BCUT2D eigenvalue weighted by Gasteiger charge is -2.07. The van der Waals surface area contributed by atoms with Crippen molar-refractivity contribution in [3.8, 4) is 11.4 Å². The zero-order valence-corrected chi connectivity index (χ0v) is 11.7. The number of H-pyrrole nitrogens is 1. The molecule has 1 aromatic carbocycles. The van der Waals surface area contributed by atoms with Crippen molar-refractivity contribution in [1.82, 2.24) is 9.97 Å². The number of hydrogen-bond acceptors (Lipinski definition) is 3. The Balaban J connectivity index is 2.53. The largest absolute Gasteiger partial charge is 0.378 e. The zero-order valence-electron chi connectivity index (χ0n) is 10.2. The molecule has 0 atom stereocenters. The van der Waals surface area contributed by atoms with Crippen LogP contribution in [0.2, 0.25) is 0 Å². The van der Waals surface area contributed by atoms with E-state index in [4.69, 9.17) is 4.74 Å². The maximum absolute atomic E-state index is 11.6. The lowest BCUT2D eigenvalue weighted by Crippen LogP contribution is -2.11. The highest BCUT2D eigenvalue weighted by Gasteiger charge is 2.07.